The molecule has 96 valence electrons. The van der Waals surface area contributed by atoms with E-state index in [9.17, 15) is 9.59 Å². The van der Waals surface area contributed by atoms with E-state index in [0.717, 1.165) is 13.0 Å². The Kier molecular flexibility index (Phi) is 4.10. The summed E-state index contributed by atoms with van der Waals surface area (Å²) in [6.07, 6.45) is 2.29. The average molecular weight is 246 g/mol. The fraction of sp³-hybridized carbons (Fsp3) is 0.429. The van der Waals surface area contributed by atoms with Gasteiger partial charge in [0.1, 0.15) is 0 Å². The van der Waals surface area contributed by atoms with Crippen molar-refractivity contribution in [3.63, 3.8) is 0 Å². The normalized spacial score (nSPS) is 18.6. The molecule has 0 aliphatic carbocycles. The molecular weight excluding hydrogens is 228 g/mol. The molecule has 1 aromatic carbocycles. The lowest BCUT2D eigenvalue weighted by atomic mass is 10.1. The second-order valence-electron chi connectivity index (χ2n) is 4.64. The van der Waals surface area contributed by atoms with Gasteiger partial charge in [-0.3, -0.25) is 9.59 Å². The lowest BCUT2D eigenvalue weighted by Gasteiger charge is -2.11. The fourth-order valence-corrected chi connectivity index (χ4v) is 2.11. The van der Waals surface area contributed by atoms with E-state index in [0.29, 0.717) is 23.7 Å². The number of carbonyl (C=O) groups is 2. The van der Waals surface area contributed by atoms with Crippen LogP contribution in [0.2, 0.25) is 0 Å². The van der Waals surface area contributed by atoms with Crippen LogP contribution in [0.4, 0.5) is 0 Å². The Balaban J connectivity index is 1.89. The zero-order valence-electron chi connectivity index (χ0n) is 10.5. The van der Waals surface area contributed by atoms with Crippen molar-refractivity contribution in [3.05, 3.63) is 35.4 Å². The Morgan fingerprint density at radius 2 is 1.94 bits per heavy atom. The maximum atomic E-state index is 11.9. The van der Waals surface area contributed by atoms with Crippen molar-refractivity contribution in [1.29, 1.82) is 0 Å². The van der Waals surface area contributed by atoms with Crippen molar-refractivity contribution in [2.45, 2.75) is 25.8 Å². The average Bonchev–Trinajstić information content (AvgIpc) is 2.89. The molecule has 1 aliphatic heterocycles. The van der Waals surface area contributed by atoms with E-state index >= 15 is 0 Å². The predicted octanol–water partition coefficient (Wildman–Crippen LogP) is 1.37. The molecule has 0 radical (unpaired) electrons. The van der Waals surface area contributed by atoms with Crippen LogP contribution in [0.1, 0.15) is 40.5 Å². The number of hydrogen-bond acceptors (Lipinski definition) is 3. The van der Waals surface area contributed by atoms with Gasteiger partial charge in [-0.2, -0.15) is 0 Å². The van der Waals surface area contributed by atoms with E-state index < -0.39 is 0 Å². The number of benzene rings is 1. The highest BCUT2D eigenvalue weighted by Gasteiger charge is 2.15. The number of hydrogen-bond donors (Lipinski definition) is 2. The molecule has 2 N–H and O–H groups in total. The number of nitrogens with one attached hydrogen (secondary N) is 2. The van der Waals surface area contributed by atoms with Gasteiger partial charge in [-0.15, -0.1) is 0 Å². The Labute approximate surface area is 107 Å². The van der Waals surface area contributed by atoms with Crippen molar-refractivity contribution in [3.8, 4) is 0 Å². The third-order valence-electron chi connectivity index (χ3n) is 3.23. The molecule has 18 heavy (non-hydrogen) atoms. The van der Waals surface area contributed by atoms with E-state index in [1.807, 2.05) is 0 Å². The summed E-state index contributed by atoms with van der Waals surface area (Å²) in [6, 6.07) is 7.14. The first-order valence-electron chi connectivity index (χ1n) is 6.29. The second kappa shape index (κ2) is 5.78. The first-order valence-corrected chi connectivity index (χ1v) is 6.29. The Hall–Kier alpha value is -1.68. The van der Waals surface area contributed by atoms with Gasteiger partial charge in [-0.05, 0) is 38.4 Å². The molecular formula is C14H18N2O2. The van der Waals surface area contributed by atoms with Crippen LogP contribution < -0.4 is 10.6 Å². The molecule has 4 heteroatoms. The van der Waals surface area contributed by atoms with Gasteiger partial charge in [-0.25, -0.2) is 0 Å². The summed E-state index contributed by atoms with van der Waals surface area (Å²) < 4.78 is 0. The molecule has 1 heterocycles. The first-order chi connectivity index (χ1) is 8.66. The highest BCUT2D eigenvalue weighted by molar-refractivity contribution is 5.97. The van der Waals surface area contributed by atoms with Crippen LogP contribution >= 0.6 is 0 Å². The summed E-state index contributed by atoms with van der Waals surface area (Å²) in [4.78, 5) is 23.0. The van der Waals surface area contributed by atoms with E-state index in [2.05, 4.69) is 10.6 Å². The SMILES string of the molecule is CC(=O)c1ccc(C(=O)NC[C@@H]2CCCN2)cc1. The van der Waals surface area contributed by atoms with Gasteiger partial charge in [0.2, 0.25) is 0 Å². The quantitative estimate of drug-likeness (QED) is 0.789. The minimum Gasteiger partial charge on any atom is -0.350 e. The highest BCUT2D eigenvalue weighted by Crippen LogP contribution is 2.06. The molecule has 0 spiro atoms. The van der Waals surface area contributed by atoms with Crippen LogP contribution in [0.3, 0.4) is 0 Å². The molecule has 1 saturated heterocycles. The molecule has 1 fully saturated rings. The van der Waals surface area contributed by atoms with Crippen molar-refractivity contribution in [2.75, 3.05) is 13.1 Å². The summed E-state index contributed by atoms with van der Waals surface area (Å²) in [7, 11) is 0. The van der Waals surface area contributed by atoms with E-state index in [1.165, 1.54) is 13.3 Å². The summed E-state index contributed by atoms with van der Waals surface area (Å²) in [5, 5.41) is 6.23. The molecule has 0 bridgehead atoms. The van der Waals surface area contributed by atoms with Crippen LogP contribution in [-0.2, 0) is 0 Å². The van der Waals surface area contributed by atoms with Gasteiger partial charge >= 0.3 is 0 Å². The molecule has 1 aliphatic rings. The first kappa shape index (κ1) is 12.8. The standard InChI is InChI=1S/C14H18N2O2/c1-10(17)11-4-6-12(7-5-11)14(18)16-9-13-3-2-8-15-13/h4-7,13,15H,2-3,8-9H2,1H3,(H,16,18)/t13-/m0/s1. The zero-order chi connectivity index (χ0) is 13.0. The molecule has 0 saturated carbocycles. The highest BCUT2D eigenvalue weighted by atomic mass is 16.1. The second-order valence-corrected chi connectivity index (χ2v) is 4.64. The Morgan fingerprint density at radius 3 is 2.50 bits per heavy atom. The third kappa shape index (κ3) is 3.17. The monoisotopic (exact) mass is 246 g/mol. The van der Waals surface area contributed by atoms with Crippen molar-refractivity contribution < 1.29 is 9.59 Å². The summed E-state index contributed by atoms with van der Waals surface area (Å²) in [5.41, 5.74) is 1.22. The smallest absolute Gasteiger partial charge is 0.251 e. The fourth-order valence-electron chi connectivity index (χ4n) is 2.11. The summed E-state index contributed by atoms with van der Waals surface area (Å²) in [6.45, 7) is 3.21. The minimum absolute atomic E-state index is 0.0112. The van der Waals surface area contributed by atoms with Crippen LogP contribution in [0.25, 0.3) is 0 Å². The van der Waals surface area contributed by atoms with Crippen molar-refractivity contribution in [2.24, 2.45) is 0 Å². The minimum atomic E-state index is -0.0844. The van der Waals surface area contributed by atoms with E-state index in [1.54, 1.807) is 24.3 Å². The molecule has 2 rings (SSSR count). The largest absolute Gasteiger partial charge is 0.350 e. The lowest BCUT2D eigenvalue weighted by molar-refractivity contribution is 0.0948. The third-order valence-corrected chi connectivity index (χ3v) is 3.23. The number of Topliss-reactive ketones (excluding diaryl/α,β-unsaturated/α-hetero) is 1. The van der Waals surface area contributed by atoms with Gasteiger partial charge in [0.25, 0.3) is 5.91 Å². The van der Waals surface area contributed by atoms with Crippen LogP contribution in [0.15, 0.2) is 24.3 Å². The maximum absolute atomic E-state index is 11.9. The summed E-state index contributed by atoms with van der Waals surface area (Å²) >= 11 is 0. The zero-order valence-corrected chi connectivity index (χ0v) is 10.5. The maximum Gasteiger partial charge on any atom is 0.251 e. The van der Waals surface area contributed by atoms with Gasteiger partial charge in [0, 0.05) is 23.7 Å². The van der Waals surface area contributed by atoms with Crippen LogP contribution in [0, 0.1) is 0 Å². The van der Waals surface area contributed by atoms with Gasteiger partial charge in [0.05, 0.1) is 0 Å². The van der Waals surface area contributed by atoms with E-state index in [4.69, 9.17) is 0 Å². The van der Waals surface area contributed by atoms with Crippen molar-refractivity contribution in [1.82, 2.24) is 10.6 Å². The van der Waals surface area contributed by atoms with Crippen molar-refractivity contribution >= 4 is 11.7 Å². The van der Waals surface area contributed by atoms with Gasteiger partial charge in [-0.1, -0.05) is 12.1 Å². The number of amides is 1. The molecule has 1 atom stereocenters. The molecule has 0 unspecified atom stereocenters. The van der Waals surface area contributed by atoms with Crippen LogP contribution in [-0.4, -0.2) is 30.8 Å². The molecule has 1 amide bonds. The molecule has 1 aromatic rings. The number of carbonyl (C=O) groups excluding carboxylic acids is 2. The predicted molar refractivity (Wildman–Crippen MR) is 69.8 cm³/mol. The number of ketones is 1. The topological polar surface area (TPSA) is 58.2 Å². The Morgan fingerprint density at radius 1 is 1.28 bits per heavy atom. The van der Waals surface area contributed by atoms with Gasteiger partial charge in [0.15, 0.2) is 5.78 Å². The molecule has 4 nitrogen and oxygen atoms in total. The Bertz CT molecular complexity index is 434. The van der Waals surface area contributed by atoms with Gasteiger partial charge < -0.3 is 10.6 Å². The van der Waals surface area contributed by atoms with E-state index in [-0.39, 0.29) is 11.7 Å². The summed E-state index contributed by atoms with van der Waals surface area (Å²) in [5.74, 6) is -0.0732. The number of rotatable bonds is 4. The van der Waals surface area contributed by atoms with Crippen LogP contribution in [0.5, 0.6) is 0 Å². The molecule has 0 aromatic heterocycles. The lowest BCUT2D eigenvalue weighted by Crippen LogP contribution is -2.37.